The molecule has 1 aromatic heterocycles. The second-order valence-corrected chi connectivity index (χ2v) is 6.07. The normalized spacial score (nSPS) is 18.5. The van der Waals surface area contributed by atoms with E-state index in [4.69, 9.17) is 0 Å². The van der Waals surface area contributed by atoms with Crippen molar-refractivity contribution < 1.29 is 4.79 Å². The monoisotopic (exact) mass is 275 g/mol. The maximum Gasteiger partial charge on any atom is 0.272 e. The Kier molecular flexibility index (Phi) is 5.12. The summed E-state index contributed by atoms with van der Waals surface area (Å²) in [6, 6.07) is 4.25. The lowest BCUT2D eigenvalue weighted by Crippen LogP contribution is -2.43. The van der Waals surface area contributed by atoms with Crippen molar-refractivity contribution in [1.82, 2.24) is 15.2 Å². The number of pyridine rings is 1. The van der Waals surface area contributed by atoms with E-state index in [1.807, 2.05) is 24.0 Å². The van der Waals surface area contributed by atoms with Crippen LogP contribution in [-0.2, 0) is 0 Å². The number of carbonyl (C=O) groups excluding carboxylic acids is 1. The van der Waals surface area contributed by atoms with Gasteiger partial charge in [0.1, 0.15) is 5.69 Å². The Morgan fingerprint density at radius 2 is 2.35 bits per heavy atom. The zero-order chi connectivity index (χ0) is 14.5. The standard InChI is InChI=1S/C16H25N3O/c1-12(2)10-19(11-14-7-5-8-17-14)16(20)15-13(3)6-4-9-18-15/h4,6,9,12,14,17H,5,7-8,10-11H2,1-3H3. The molecule has 0 aliphatic carbocycles. The minimum Gasteiger partial charge on any atom is -0.335 e. The van der Waals surface area contributed by atoms with Gasteiger partial charge in [0.15, 0.2) is 0 Å². The third-order valence-corrected chi connectivity index (χ3v) is 3.69. The number of rotatable bonds is 5. The van der Waals surface area contributed by atoms with Crippen LogP contribution in [0.4, 0.5) is 0 Å². The highest BCUT2D eigenvalue weighted by molar-refractivity contribution is 5.93. The molecule has 1 saturated heterocycles. The van der Waals surface area contributed by atoms with Crippen LogP contribution in [0.5, 0.6) is 0 Å². The Labute approximate surface area is 121 Å². The van der Waals surface area contributed by atoms with E-state index in [0.717, 1.165) is 31.6 Å². The second kappa shape index (κ2) is 6.84. The largest absolute Gasteiger partial charge is 0.335 e. The van der Waals surface area contributed by atoms with Crippen molar-refractivity contribution in [1.29, 1.82) is 0 Å². The van der Waals surface area contributed by atoms with E-state index >= 15 is 0 Å². The summed E-state index contributed by atoms with van der Waals surface area (Å²) in [7, 11) is 0. The van der Waals surface area contributed by atoms with Crippen molar-refractivity contribution in [2.24, 2.45) is 5.92 Å². The number of carbonyl (C=O) groups is 1. The number of aryl methyl sites for hydroxylation is 1. The summed E-state index contributed by atoms with van der Waals surface area (Å²) in [5.41, 5.74) is 1.54. The van der Waals surface area contributed by atoms with Gasteiger partial charge in [-0.25, -0.2) is 0 Å². The smallest absolute Gasteiger partial charge is 0.272 e. The van der Waals surface area contributed by atoms with E-state index in [1.54, 1.807) is 6.20 Å². The summed E-state index contributed by atoms with van der Waals surface area (Å²) in [5, 5.41) is 3.47. The van der Waals surface area contributed by atoms with Gasteiger partial charge in [0, 0.05) is 25.3 Å². The SMILES string of the molecule is Cc1cccnc1C(=O)N(CC(C)C)CC1CCCN1. The van der Waals surface area contributed by atoms with Crippen LogP contribution >= 0.6 is 0 Å². The van der Waals surface area contributed by atoms with E-state index in [2.05, 4.69) is 24.1 Å². The quantitative estimate of drug-likeness (QED) is 0.896. The van der Waals surface area contributed by atoms with Crippen LogP contribution < -0.4 is 5.32 Å². The molecule has 4 heteroatoms. The van der Waals surface area contributed by atoms with Gasteiger partial charge in [0.05, 0.1) is 0 Å². The Morgan fingerprint density at radius 1 is 1.55 bits per heavy atom. The molecule has 0 saturated carbocycles. The van der Waals surface area contributed by atoms with Gasteiger partial charge >= 0.3 is 0 Å². The van der Waals surface area contributed by atoms with Gasteiger partial charge in [0.25, 0.3) is 5.91 Å². The molecule has 0 spiro atoms. The Morgan fingerprint density at radius 3 is 2.95 bits per heavy atom. The summed E-state index contributed by atoms with van der Waals surface area (Å²) < 4.78 is 0. The molecule has 0 aromatic carbocycles. The van der Waals surface area contributed by atoms with Crippen LogP contribution in [0.1, 0.15) is 42.7 Å². The Balaban J connectivity index is 2.12. The van der Waals surface area contributed by atoms with Gasteiger partial charge in [-0.1, -0.05) is 19.9 Å². The maximum absolute atomic E-state index is 12.7. The molecule has 1 N–H and O–H groups in total. The van der Waals surface area contributed by atoms with E-state index < -0.39 is 0 Å². The molecule has 20 heavy (non-hydrogen) atoms. The molecular weight excluding hydrogens is 250 g/mol. The first-order valence-corrected chi connectivity index (χ1v) is 7.52. The van der Waals surface area contributed by atoms with Crippen molar-refractivity contribution >= 4 is 5.91 Å². The highest BCUT2D eigenvalue weighted by Crippen LogP contribution is 2.13. The van der Waals surface area contributed by atoms with Crippen molar-refractivity contribution in [3.63, 3.8) is 0 Å². The lowest BCUT2D eigenvalue weighted by molar-refractivity contribution is 0.0714. The van der Waals surface area contributed by atoms with Crippen LogP contribution in [0.3, 0.4) is 0 Å². The Bertz CT molecular complexity index is 453. The summed E-state index contributed by atoms with van der Waals surface area (Å²) in [4.78, 5) is 19.0. The number of aromatic nitrogens is 1. The maximum atomic E-state index is 12.7. The molecule has 1 amide bonds. The summed E-state index contributed by atoms with van der Waals surface area (Å²) in [6.45, 7) is 8.87. The number of hydrogen-bond acceptors (Lipinski definition) is 3. The predicted molar refractivity (Wildman–Crippen MR) is 80.7 cm³/mol. The number of hydrogen-bond donors (Lipinski definition) is 1. The zero-order valence-corrected chi connectivity index (χ0v) is 12.7. The molecule has 1 fully saturated rings. The molecule has 0 radical (unpaired) electrons. The molecule has 1 aromatic rings. The highest BCUT2D eigenvalue weighted by Gasteiger charge is 2.24. The Hall–Kier alpha value is -1.42. The molecule has 1 aliphatic heterocycles. The molecule has 1 atom stereocenters. The van der Waals surface area contributed by atoms with Crippen LogP contribution in [0.15, 0.2) is 18.3 Å². The lowest BCUT2D eigenvalue weighted by atomic mass is 10.1. The van der Waals surface area contributed by atoms with Gasteiger partial charge in [-0.05, 0) is 43.9 Å². The van der Waals surface area contributed by atoms with Crippen molar-refractivity contribution in [2.75, 3.05) is 19.6 Å². The number of nitrogens with zero attached hydrogens (tertiary/aromatic N) is 2. The van der Waals surface area contributed by atoms with E-state index in [9.17, 15) is 4.79 Å². The van der Waals surface area contributed by atoms with Crippen LogP contribution in [-0.4, -0.2) is 41.5 Å². The molecule has 0 bridgehead atoms. The fraction of sp³-hybridized carbons (Fsp3) is 0.625. The van der Waals surface area contributed by atoms with Crippen molar-refractivity contribution in [2.45, 2.75) is 39.7 Å². The fourth-order valence-electron chi connectivity index (χ4n) is 2.72. The zero-order valence-electron chi connectivity index (χ0n) is 12.7. The van der Waals surface area contributed by atoms with E-state index in [-0.39, 0.29) is 5.91 Å². The van der Waals surface area contributed by atoms with Gasteiger partial charge in [-0.2, -0.15) is 0 Å². The molecule has 1 aliphatic rings. The fourth-order valence-corrected chi connectivity index (χ4v) is 2.72. The third-order valence-electron chi connectivity index (χ3n) is 3.69. The van der Waals surface area contributed by atoms with Crippen molar-refractivity contribution in [3.05, 3.63) is 29.6 Å². The number of amides is 1. The second-order valence-electron chi connectivity index (χ2n) is 6.07. The van der Waals surface area contributed by atoms with Crippen LogP contribution in [0.2, 0.25) is 0 Å². The minimum absolute atomic E-state index is 0.0606. The highest BCUT2D eigenvalue weighted by atomic mass is 16.2. The minimum atomic E-state index is 0.0606. The number of nitrogens with one attached hydrogen (secondary N) is 1. The molecule has 1 unspecified atom stereocenters. The first-order valence-electron chi connectivity index (χ1n) is 7.52. The molecule has 4 nitrogen and oxygen atoms in total. The van der Waals surface area contributed by atoms with Gasteiger partial charge in [-0.15, -0.1) is 0 Å². The topological polar surface area (TPSA) is 45.2 Å². The van der Waals surface area contributed by atoms with Gasteiger partial charge in [-0.3, -0.25) is 9.78 Å². The molecule has 2 heterocycles. The molecular formula is C16H25N3O. The van der Waals surface area contributed by atoms with Gasteiger partial charge < -0.3 is 10.2 Å². The summed E-state index contributed by atoms with van der Waals surface area (Å²) in [6.07, 6.45) is 4.06. The first kappa shape index (κ1) is 15.0. The summed E-state index contributed by atoms with van der Waals surface area (Å²) in [5.74, 6) is 0.523. The average Bonchev–Trinajstić information content (AvgIpc) is 2.90. The summed E-state index contributed by atoms with van der Waals surface area (Å²) >= 11 is 0. The lowest BCUT2D eigenvalue weighted by Gasteiger charge is -2.27. The predicted octanol–water partition coefficient (Wildman–Crippen LogP) is 2.24. The first-order chi connectivity index (χ1) is 9.58. The third kappa shape index (κ3) is 3.79. The van der Waals surface area contributed by atoms with Gasteiger partial charge in [0.2, 0.25) is 0 Å². The van der Waals surface area contributed by atoms with Crippen LogP contribution in [0, 0.1) is 12.8 Å². The van der Waals surface area contributed by atoms with E-state index in [1.165, 1.54) is 6.42 Å². The van der Waals surface area contributed by atoms with Crippen molar-refractivity contribution in [3.8, 4) is 0 Å². The van der Waals surface area contributed by atoms with Crippen LogP contribution in [0.25, 0.3) is 0 Å². The average molecular weight is 275 g/mol. The molecule has 110 valence electrons. The van der Waals surface area contributed by atoms with E-state index in [0.29, 0.717) is 17.7 Å². The molecule has 2 rings (SSSR count).